The van der Waals surface area contributed by atoms with E-state index in [9.17, 15) is 0 Å². The zero-order chi connectivity index (χ0) is 77.6. The lowest BCUT2D eigenvalue weighted by Crippen LogP contribution is -2.14. The molecular formula is C108H74N6O2. The van der Waals surface area contributed by atoms with E-state index in [1.165, 1.54) is 66.8 Å². The van der Waals surface area contributed by atoms with Crippen LogP contribution in [0.1, 0.15) is 49.9 Å². The van der Waals surface area contributed by atoms with Crippen LogP contribution in [0.5, 0.6) is 0 Å². The Bertz CT molecular complexity index is 6880. The number of hydrogen-bond donors (Lipinski definition) is 0. The lowest BCUT2D eigenvalue weighted by atomic mass is 9.81. The third kappa shape index (κ3) is 12.4. The number of aromatic nitrogens is 6. The van der Waals surface area contributed by atoms with Gasteiger partial charge in [0.15, 0.2) is 34.9 Å². The molecule has 548 valence electrons. The largest absolute Gasteiger partial charge is 0.456 e. The summed E-state index contributed by atoms with van der Waals surface area (Å²) in [7, 11) is 0. The first-order chi connectivity index (χ1) is 56.9. The van der Waals surface area contributed by atoms with Gasteiger partial charge in [-0.15, -0.1) is 0 Å². The third-order valence-corrected chi connectivity index (χ3v) is 23.4. The zero-order valence-electron chi connectivity index (χ0n) is 64.3. The number of furan rings is 2. The number of para-hydroxylation sites is 2. The van der Waals surface area contributed by atoms with Crippen LogP contribution in [-0.4, -0.2) is 29.9 Å². The summed E-state index contributed by atoms with van der Waals surface area (Å²) in [5, 5.41) is 4.45. The molecule has 0 unspecified atom stereocenters. The van der Waals surface area contributed by atoms with Crippen LogP contribution in [0.4, 0.5) is 0 Å². The Kier molecular flexibility index (Phi) is 16.7. The van der Waals surface area contributed by atoms with Crippen molar-refractivity contribution in [2.24, 2.45) is 0 Å². The maximum Gasteiger partial charge on any atom is 0.164 e. The molecule has 0 saturated heterocycles. The number of hydrogen-bond acceptors (Lipinski definition) is 8. The van der Waals surface area contributed by atoms with Gasteiger partial charge in [0.05, 0.1) is 0 Å². The second-order valence-corrected chi connectivity index (χ2v) is 31.3. The van der Waals surface area contributed by atoms with Gasteiger partial charge in [-0.2, -0.15) is 0 Å². The van der Waals surface area contributed by atoms with Crippen molar-refractivity contribution in [2.45, 2.75) is 38.5 Å². The molecule has 8 nitrogen and oxygen atoms in total. The van der Waals surface area contributed by atoms with E-state index in [4.69, 9.17) is 38.7 Å². The molecule has 0 bridgehead atoms. The first-order valence-electron chi connectivity index (χ1n) is 39.5. The topological polar surface area (TPSA) is 104 Å². The average Bonchev–Trinajstić information content (AvgIpc) is 1.53. The van der Waals surface area contributed by atoms with E-state index in [0.29, 0.717) is 34.9 Å². The maximum absolute atomic E-state index is 6.20. The molecule has 0 spiro atoms. The molecule has 4 aromatic heterocycles. The van der Waals surface area contributed by atoms with Crippen molar-refractivity contribution in [2.75, 3.05) is 0 Å². The van der Waals surface area contributed by atoms with Crippen LogP contribution < -0.4 is 0 Å². The molecular weight excluding hydrogens is 1410 g/mol. The quantitative estimate of drug-likeness (QED) is 0.119. The molecule has 0 amide bonds. The summed E-state index contributed by atoms with van der Waals surface area (Å²) in [6.45, 7) is 9.38. The van der Waals surface area contributed by atoms with Crippen molar-refractivity contribution in [1.82, 2.24) is 29.9 Å². The van der Waals surface area contributed by atoms with Crippen molar-refractivity contribution in [3.63, 3.8) is 0 Å². The minimum absolute atomic E-state index is 0.0833. The van der Waals surface area contributed by atoms with Crippen LogP contribution in [0.2, 0.25) is 0 Å². The fourth-order valence-corrected chi connectivity index (χ4v) is 17.4. The molecule has 8 heteroatoms. The molecule has 0 atom stereocenters. The molecule has 0 aliphatic heterocycles. The molecule has 116 heavy (non-hydrogen) atoms. The van der Waals surface area contributed by atoms with Gasteiger partial charge in [-0.05, 0) is 202 Å². The van der Waals surface area contributed by atoms with E-state index in [1.54, 1.807) is 0 Å². The molecule has 2 aliphatic carbocycles. The van der Waals surface area contributed by atoms with Gasteiger partial charge < -0.3 is 8.83 Å². The Morgan fingerprint density at radius 1 is 0.164 bits per heavy atom. The van der Waals surface area contributed by atoms with Crippen molar-refractivity contribution in [3.8, 4) is 157 Å². The zero-order valence-corrected chi connectivity index (χ0v) is 64.3. The van der Waals surface area contributed by atoms with Gasteiger partial charge in [-0.3, -0.25) is 0 Å². The molecule has 2 aliphatic rings. The third-order valence-electron chi connectivity index (χ3n) is 23.4. The Balaban J connectivity index is 0.000000150. The molecule has 4 heterocycles. The first-order valence-corrected chi connectivity index (χ1v) is 39.5. The lowest BCUT2D eigenvalue weighted by molar-refractivity contribution is 0.660. The van der Waals surface area contributed by atoms with E-state index in [-0.39, 0.29) is 10.8 Å². The lowest BCUT2D eigenvalue weighted by Gasteiger charge is -2.22. The maximum atomic E-state index is 6.20. The van der Waals surface area contributed by atoms with Crippen molar-refractivity contribution in [3.05, 3.63) is 398 Å². The van der Waals surface area contributed by atoms with Crippen LogP contribution in [0, 0.1) is 0 Å². The summed E-state index contributed by atoms with van der Waals surface area (Å²) in [6, 6.07) is 133. The summed E-state index contributed by atoms with van der Waals surface area (Å²) in [4.78, 5) is 30.5. The van der Waals surface area contributed by atoms with Crippen LogP contribution in [0.3, 0.4) is 0 Å². The van der Waals surface area contributed by atoms with Crippen molar-refractivity contribution >= 4 is 43.9 Å². The smallest absolute Gasteiger partial charge is 0.164 e. The monoisotopic (exact) mass is 1490 g/mol. The highest BCUT2D eigenvalue weighted by atomic mass is 16.3. The van der Waals surface area contributed by atoms with Crippen LogP contribution in [-0.2, 0) is 10.8 Å². The number of nitrogens with zero attached hydrogens (tertiary/aromatic N) is 6. The van der Waals surface area contributed by atoms with Crippen LogP contribution >= 0.6 is 0 Å². The summed E-state index contributed by atoms with van der Waals surface area (Å²) >= 11 is 0. The molecule has 16 aromatic carbocycles. The Morgan fingerprint density at radius 2 is 0.414 bits per heavy atom. The summed E-state index contributed by atoms with van der Waals surface area (Å²) < 4.78 is 12.4. The molecule has 20 aromatic rings. The number of rotatable bonds is 12. The van der Waals surface area contributed by atoms with Crippen molar-refractivity contribution < 1.29 is 8.83 Å². The molecule has 0 saturated carbocycles. The van der Waals surface area contributed by atoms with Crippen LogP contribution in [0.25, 0.3) is 201 Å². The second kappa shape index (κ2) is 28.1. The second-order valence-electron chi connectivity index (χ2n) is 31.3. The molecule has 22 rings (SSSR count). The Morgan fingerprint density at radius 3 is 0.810 bits per heavy atom. The van der Waals surface area contributed by atoms with Gasteiger partial charge in [0.2, 0.25) is 0 Å². The minimum Gasteiger partial charge on any atom is -0.456 e. The summed E-state index contributed by atoms with van der Waals surface area (Å²) in [5.41, 5.74) is 33.1. The van der Waals surface area contributed by atoms with E-state index in [1.807, 2.05) is 115 Å². The standard InChI is InChI=1S/C63H47N3.C45H27N3O2/c1-62(2)55-27-13-11-25-51(55)53-31-29-46(38-57(53)62)42-21-15-23-44(33-42)48-35-49(37-50(36-48)61-65-59(40-17-7-5-8-18-40)64-60(66-61)41-19-9-6-10-20-41)45-24-16-22-43(34-45)47-30-32-54-52-26-12-14-28-56(52)63(3,4)58(54)39-47;1-2-10-28(11-3-1)43-46-44(33-14-8-12-29(24-33)31-20-22-37-35-16-4-6-18-39(35)49-41(37)26-31)48-45(47-43)34-15-9-13-30(25-34)32-21-23-38-36-17-5-7-19-40(36)50-42(38)27-32/h5-39H,1-4H3;1-27H. The predicted octanol–water partition coefficient (Wildman–Crippen LogP) is 28.2. The van der Waals surface area contributed by atoms with Crippen LogP contribution in [0.15, 0.2) is 385 Å². The van der Waals surface area contributed by atoms with E-state index in [2.05, 4.69) is 289 Å². The normalized spacial score (nSPS) is 12.8. The molecule has 0 N–H and O–H groups in total. The number of benzene rings is 16. The fourth-order valence-electron chi connectivity index (χ4n) is 17.4. The average molecular weight is 1490 g/mol. The molecule has 0 fully saturated rings. The summed E-state index contributed by atoms with van der Waals surface area (Å²) in [5.74, 6) is 3.73. The Labute approximate surface area is 672 Å². The first kappa shape index (κ1) is 69.1. The van der Waals surface area contributed by atoms with Gasteiger partial charge in [-0.1, -0.05) is 313 Å². The van der Waals surface area contributed by atoms with Crippen molar-refractivity contribution in [1.29, 1.82) is 0 Å². The van der Waals surface area contributed by atoms with E-state index < -0.39 is 0 Å². The van der Waals surface area contributed by atoms with Gasteiger partial charge in [-0.25, -0.2) is 29.9 Å². The van der Waals surface area contributed by atoms with Gasteiger partial charge in [0, 0.05) is 65.8 Å². The molecule has 0 radical (unpaired) electrons. The fraction of sp³-hybridized carbons (Fsp3) is 0.0556. The number of fused-ring (bicyclic) bond motifs is 12. The van der Waals surface area contributed by atoms with E-state index >= 15 is 0 Å². The Hall–Kier alpha value is -14.9. The van der Waals surface area contributed by atoms with Gasteiger partial charge in [0.25, 0.3) is 0 Å². The highest BCUT2D eigenvalue weighted by Gasteiger charge is 2.37. The predicted molar refractivity (Wildman–Crippen MR) is 475 cm³/mol. The van der Waals surface area contributed by atoms with E-state index in [0.717, 1.165) is 122 Å². The minimum atomic E-state index is -0.0833. The highest BCUT2D eigenvalue weighted by Crippen LogP contribution is 2.52. The van der Waals surface area contributed by atoms with Gasteiger partial charge >= 0.3 is 0 Å². The highest BCUT2D eigenvalue weighted by molar-refractivity contribution is 6.07. The van der Waals surface area contributed by atoms with Gasteiger partial charge in [0.1, 0.15) is 22.3 Å². The summed E-state index contributed by atoms with van der Waals surface area (Å²) in [6.07, 6.45) is 0. The SMILES string of the molecule is CC1(C)c2ccccc2-c2ccc(-c3cccc(-c4cc(-c5cccc(-c6ccc7c(c6)C(C)(C)c6ccccc6-7)c5)cc(-c5nc(-c6ccccc6)nc(-c6ccccc6)n5)c4)c3)cc21.c1ccc(-c2nc(-c3cccc(-c4ccc5c(c4)oc4ccccc45)c3)nc(-c3cccc(-c4ccc5c(c4)oc4ccccc45)c3)n2)cc1.